The number of hydrogen-bond donors (Lipinski definition) is 12. The lowest BCUT2D eigenvalue weighted by atomic mass is 9.99. The number of fused-ring (bicyclic) bond motifs is 5. The lowest BCUT2D eigenvalue weighted by Gasteiger charge is -2.20. The monoisotopic (exact) mass is 1640 g/mol. The number of ether oxygens (including phenoxy) is 7. The average Bonchev–Trinajstić information content (AvgIpc) is 0.998. The van der Waals surface area contributed by atoms with Crippen LogP contribution in [0.5, 0.6) is 40.2 Å². The molecule has 1 saturated carbocycles. The van der Waals surface area contributed by atoms with Gasteiger partial charge in [-0.3, -0.25) is 19.2 Å². The number of methoxy groups -OCH3 is 3. The fourth-order valence-electron chi connectivity index (χ4n) is 13.4. The summed E-state index contributed by atoms with van der Waals surface area (Å²) in [6.45, 7) is 1.78. The van der Waals surface area contributed by atoms with Crippen molar-refractivity contribution in [3.05, 3.63) is 279 Å². The maximum absolute atomic E-state index is 13.0. The summed E-state index contributed by atoms with van der Waals surface area (Å²) in [5, 5.41) is 122. The van der Waals surface area contributed by atoms with Crippen LogP contribution in [0.4, 0.5) is 0 Å². The summed E-state index contributed by atoms with van der Waals surface area (Å²) in [7, 11) is 4.29. The molecule has 0 aromatic heterocycles. The zero-order valence-electron chi connectivity index (χ0n) is 66.1. The maximum Gasteiger partial charge on any atom is 0.343 e. The molecule has 13 atom stereocenters. The zero-order chi connectivity index (χ0) is 86.7. The first-order valence-corrected chi connectivity index (χ1v) is 38.6. The van der Waals surface area contributed by atoms with E-state index in [0.29, 0.717) is 57.1 Å². The Morgan fingerprint density at radius 1 is 0.317 bits per heavy atom. The number of benzene rings is 7. The Morgan fingerprint density at radius 3 is 0.900 bits per heavy atom. The number of carbonyl (C=O) groups is 8. The number of cyclic esters (lactones) is 3. The van der Waals surface area contributed by atoms with Crippen LogP contribution < -0.4 is 14.2 Å². The van der Waals surface area contributed by atoms with Crippen LogP contribution in [0.15, 0.2) is 212 Å². The van der Waals surface area contributed by atoms with E-state index in [1.54, 1.807) is 116 Å². The number of phenolic OH excluding ortho intramolecular Hbond substituents is 4. The SMILES string of the molecule is COc1cc(O)c2c(c1)/C=C/C[C@H](O)[C@H](O)C(=O)/C=C\CC(c1ccccc1)OC2=O.COc1cc(O)c2c(c1)/C=C/C[C@H](O)[C@H](O)C(=O)/C=C\CC(c1ccccc1)OC2=O.COc1cc(O)c2c(c1)/C=C/C[C@H](O)[C@H](O)C(=O)/C=C\[C@@H]1CCCC1OC2=O.Cc1cc(O)c2c(c1)/C=C/C[C@H](O)[C@H](O)C(=O)/C=C/CC(c1ccccc1)OC2=O. The summed E-state index contributed by atoms with van der Waals surface area (Å²) in [6, 6.07) is 38.8. The predicted molar refractivity (Wildman–Crippen MR) is 440 cm³/mol. The number of carbonyl (C=O) groups excluding carboxylic acids is 8. The van der Waals surface area contributed by atoms with E-state index in [1.807, 2.05) is 18.2 Å². The van der Waals surface area contributed by atoms with Gasteiger partial charge in [0.2, 0.25) is 0 Å². The van der Waals surface area contributed by atoms with Gasteiger partial charge in [0.15, 0.2) is 23.1 Å². The van der Waals surface area contributed by atoms with Crippen LogP contribution >= 0.6 is 0 Å². The first kappa shape index (κ1) is 91.2. The molecular weight excluding hydrogens is 1550 g/mol. The molecule has 1 aliphatic carbocycles. The smallest absolute Gasteiger partial charge is 0.343 e. The molecule has 7 aromatic carbocycles. The van der Waals surface area contributed by atoms with Gasteiger partial charge in [0.1, 0.15) is 111 Å². The Bertz CT molecular complexity index is 4860. The molecule has 0 bridgehead atoms. The Morgan fingerprint density at radius 2 is 0.592 bits per heavy atom. The number of aliphatic hydroxyl groups is 8. The van der Waals surface area contributed by atoms with E-state index >= 15 is 0 Å². The molecular formula is C93H96O27. The Balaban J connectivity index is 0.000000182. The van der Waals surface area contributed by atoms with E-state index in [9.17, 15) is 99.6 Å². The molecule has 0 saturated heterocycles. The van der Waals surface area contributed by atoms with E-state index in [0.717, 1.165) is 24.0 Å². The Labute approximate surface area is 691 Å². The number of esters is 4. The number of phenols is 4. The van der Waals surface area contributed by atoms with Crippen LogP contribution in [0.1, 0.15) is 168 Å². The Hall–Kier alpha value is -12.7. The minimum atomic E-state index is -1.58. The minimum absolute atomic E-state index is 0.00339. The van der Waals surface area contributed by atoms with Crippen molar-refractivity contribution in [2.45, 2.75) is 144 Å². The zero-order valence-corrected chi connectivity index (χ0v) is 66.1. The molecule has 12 rings (SSSR count). The quantitative estimate of drug-likeness (QED) is 0.0543. The van der Waals surface area contributed by atoms with Crippen molar-refractivity contribution in [3.63, 3.8) is 0 Å². The fourth-order valence-corrected chi connectivity index (χ4v) is 13.4. The predicted octanol–water partition coefficient (Wildman–Crippen LogP) is 11.1. The highest BCUT2D eigenvalue weighted by Crippen LogP contribution is 2.39. The number of aryl methyl sites for hydroxylation is 1. The van der Waals surface area contributed by atoms with Gasteiger partial charge in [-0.1, -0.05) is 170 Å². The second-order valence-corrected chi connectivity index (χ2v) is 28.5. The van der Waals surface area contributed by atoms with Crippen LogP contribution in [-0.4, -0.2) is 185 Å². The van der Waals surface area contributed by atoms with Crippen LogP contribution in [0.25, 0.3) is 24.3 Å². The van der Waals surface area contributed by atoms with Crippen molar-refractivity contribution in [1.82, 2.24) is 0 Å². The number of aromatic hydroxyl groups is 4. The highest BCUT2D eigenvalue weighted by Gasteiger charge is 2.34. The third-order valence-corrected chi connectivity index (χ3v) is 19.9. The normalized spacial score (nSPS) is 26.0. The van der Waals surface area contributed by atoms with Gasteiger partial charge in [0, 0.05) is 43.4 Å². The molecule has 7 aromatic rings. The summed E-state index contributed by atoms with van der Waals surface area (Å²) < 4.78 is 38.2. The van der Waals surface area contributed by atoms with Gasteiger partial charge < -0.3 is 94.4 Å². The number of hydrogen-bond acceptors (Lipinski definition) is 27. The second-order valence-electron chi connectivity index (χ2n) is 28.5. The van der Waals surface area contributed by atoms with Gasteiger partial charge in [0.05, 0.1) is 45.7 Å². The number of rotatable bonds is 6. The molecule has 4 unspecified atom stereocenters. The Kier molecular flexibility index (Phi) is 33.6. The van der Waals surface area contributed by atoms with Gasteiger partial charge in [-0.2, -0.15) is 0 Å². The van der Waals surface area contributed by atoms with Gasteiger partial charge in [-0.25, -0.2) is 19.2 Å². The first-order valence-electron chi connectivity index (χ1n) is 38.6. The molecule has 4 aliphatic heterocycles. The largest absolute Gasteiger partial charge is 0.507 e. The maximum atomic E-state index is 13.0. The van der Waals surface area contributed by atoms with Crippen LogP contribution in [0.3, 0.4) is 0 Å². The summed E-state index contributed by atoms with van der Waals surface area (Å²) in [5.41, 5.74) is 4.19. The molecule has 12 N–H and O–H groups in total. The van der Waals surface area contributed by atoms with Crippen molar-refractivity contribution >= 4 is 71.3 Å². The molecule has 5 aliphatic rings. The highest BCUT2D eigenvalue weighted by molar-refractivity contribution is 6.01. The van der Waals surface area contributed by atoms with Crippen LogP contribution in [0, 0.1) is 12.8 Å². The van der Waals surface area contributed by atoms with Crippen molar-refractivity contribution < 1.29 is 133 Å². The summed E-state index contributed by atoms with van der Waals surface area (Å²) in [5.74, 6) is -5.59. The summed E-state index contributed by atoms with van der Waals surface area (Å²) in [4.78, 5) is 100. The minimum Gasteiger partial charge on any atom is -0.507 e. The van der Waals surface area contributed by atoms with Crippen molar-refractivity contribution in [2.75, 3.05) is 21.3 Å². The van der Waals surface area contributed by atoms with E-state index in [1.165, 1.54) is 131 Å². The molecule has 120 heavy (non-hydrogen) atoms. The summed E-state index contributed by atoms with van der Waals surface area (Å²) in [6.07, 6.45) is 11.5. The van der Waals surface area contributed by atoms with Crippen LogP contribution in [0.2, 0.25) is 0 Å². The highest BCUT2D eigenvalue weighted by atomic mass is 16.6. The number of ketones is 4. The molecule has 4 heterocycles. The van der Waals surface area contributed by atoms with Gasteiger partial charge in [0.25, 0.3) is 0 Å². The molecule has 630 valence electrons. The molecule has 1 fully saturated rings. The average molecular weight is 1650 g/mol. The fraction of sp³-hybridized carbons (Fsp3) is 0.290. The molecule has 27 heteroatoms. The summed E-state index contributed by atoms with van der Waals surface area (Å²) >= 11 is 0. The molecule has 0 radical (unpaired) electrons. The van der Waals surface area contributed by atoms with E-state index in [2.05, 4.69) is 0 Å². The number of aliphatic hydroxyl groups excluding tert-OH is 8. The van der Waals surface area contributed by atoms with E-state index in [4.69, 9.17) is 33.2 Å². The van der Waals surface area contributed by atoms with Gasteiger partial charge in [-0.05, 0) is 145 Å². The van der Waals surface area contributed by atoms with Crippen molar-refractivity contribution in [3.8, 4) is 40.2 Å². The van der Waals surface area contributed by atoms with Gasteiger partial charge in [-0.15, -0.1) is 0 Å². The first-order chi connectivity index (χ1) is 57.6. The topological polar surface area (TPSA) is 444 Å². The van der Waals surface area contributed by atoms with E-state index < -0.39 is 120 Å². The third kappa shape index (κ3) is 24.9. The standard InChI is InChI=1S/2C24H24O7.C24H24O6.C21H24O7/c2*1-30-17-13-16-9-5-10-18(25)23(28)19(26)11-6-12-21(15-7-3-2-4-8-15)31-24(29)22(16)20(27)14-17;1-15-13-17-9-5-10-18(25)23(28)19(26)11-6-12-21(16-7-3-2-4-8-16)30-24(29)22(17)20(27)14-15;1-27-14-10-13-5-2-6-15(22)20(25)16(23)9-8-12-4-3-7-18(12)28-21(26)19(13)17(24)11-14/h2*2-9,11,13-14,18,21,23,25,27-28H,10,12H2,1H3;2-9,11,13-14,18,21,23,25,27-28H,10,12H2,1H3;2,5,8-12,15,18,20,22,24-25H,3-4,6-7H2,1H3/b2*9-5+,11-6-;9-5+,11-6+;5-2+,9-8-/t3*18-,21?,23-;12-,15-,18?,20-/m0000/s1. The van der Waals surface area contributed by atoms with Gasteiger partial charge >= 0.3 is 23.9 Å². The molecule has 0 spiro atoms. The van der Waals surface area contributed by atoms with Crippen molar-refractivity contribution in [2.24, 2.45) is 5.92 Å². The second kappa shape index (κ2) is 44.2. The van der Waals surface area contributed by atoms with Crippen LogP contribution in [-0.2, 0) is 38.1 Å². The van der Waals surface area contributed by atoms with Crippen molar-refractivity contribution in [1.29, 1.82) is 0 Å². The third-order valence-electron chi connectivity index (χ3n) is 19.9. The lowest BCUT2D eigenvalue weighted by molar-refractivity contribution is -0.128. The molecule has 0 amide bonds. The molecule has 27 nitrogen and oxygen atoms in total. The van der Waals surface area contributed by atoms with E-state index in [-0.39, 0.29) is 96.1 Å². The lowest BCUT2D eigenvalue weighted by Crippen LogP contribution is -2.32.